The molecule has 16 heteroatoms. The number of aliphatic carboxylic acids is 3. The summed E-state index contributed by atoms with van der Waals surface area (Å²) in [6.45, 7) is 1.41. The summed E-state index contributed by atoms with van der Waals surface area (Å²) in [4.78, 5) is 66.3. The second kappa shape index (κ2) is 14.7. The van der Waals surface area contributed by atoms with Crippen LogP contribution in [-0.4, -0.2) is 85.6 Å². The molecule has 0 spiro atoms. The van der Waals surface area contributed by atoms with Gasteiger partial charge in [0.05, 0.1) is 13.0 Å². The number of β-lactam (4-membered cyclic amide) rings is 1. The molecule has 15 nitrogen and oxygen atoms in total. The Balaban J connectivity index is 0.000000428. The molecule has 38 heavy (non-hydrogen) atoms. The number of fused-ring (bicyclic) bond motifs is 1. The number of primary amides is 1. The van der Waals surface area contributed by atoms with Crippen LogP contribution in [0.1, 0.15) is 24.9 Å². The SMILES string of the molecule is CC1=C(C(=O)O)N2C(=O)[C@@H](NC(=O)[C@H](N)c3ccccc3)[C@H]2SC1.NC(=O)CC(N)C(=O)O.NCC(=O)O. The number of hydrogen-bond acceptors (Lipinski definition) is 10. The largest absolute Gasteiger partial charge is 0.480 e. The maximum atomic E-state index is 12.3. The van der Waals surface area contributed by atoms with Crippen molar-refractivity contribution in [1.29, 1.82) is 0 Å². The van der Waals surface area contributed by atoms with Crippen LogP contribution in [0.3, 0.4) is 0 Å². The third-order valence-electron chi connectivity index (χ3n) is 5.01. The van der Waals surface area contributed by atoms with Crippen molar-refractivity contribution in [2.45, 2.75) is 36.8 Å². The fourth-order valence-electron chi connectivity index (χ4n) is 3.13. The van der Waals surface area contributed by atoms with Gasteiger partial charge in [-0.1, -0.05) is 30.3 Å². The van der Waals surface area contributed by atoms with E-state index in [9.17, 15) is 33.9 Å². The standard InChI is InChI=1S/C16H17N3O4S.C4H8N2O3.C2H5NO2/c1-8-7-24-15-11(14(21)19(15)12(8)16(22)23)18-13(20)10(17)9-5-3-2-4-6-9;5-2(4(8)9)1-3(6)7;3-1-2(4)5/h2-6,10-11,15H,7,17H2,1H3,(H,18,20)(H,22,23);2H,1,5H2,(H2,6,7)(H,8,9);1,3H2,(H,4,5)/t10-,11-,15-;;/m1../s1. The fraction of sp³-hybridized carbons (Fsp3) is 0.364. The van der Waals surface area contributed by atoms with Crippen LogP contribution in [0.25, 0.3) is 0 Å². The van der Waals surface area contributed by atoms with Gasteiger partial charge in [-0.15, -0.1) is 11.8 Å². The summed E-state index contributed by atoms with van der Waals surface area (Å²) in [7, 11) is 0. The lowest BCUT2D eigenvalue weighted by molar-refractivity contribution is -0.150. The number of thioether (sulfide) groups is 1. The van der Waals surface area contributed by atoms with Gasteiger partial charge >= 0.3 is 17.9 Å². The van der Waals surface area contributed by atoms with Crippen molar-refractivity contribution in [3.05, 3.63) is 47.2 Å². The molecular formula is C22H30N6O9S. The van der Waals surface area contributed by atoms with E-state index >= 15 is 0 Å². The second-order valence-corrected chi connectivity index (χ2v) is 9.04. The van der Waals surface area contributed by atoms with Crippen LogP contribution in [0.4, 0.5) is 0 Å². The van der Waals surface area contributed by atoms with Crippen molar-refractivity contribution in [1.82, 2.24) is 10.2 Å². The van der Waals surface area contributed by atoms with Crippen LogP contribution in [0.5, 0.6) is 0 Å². The lowest BCUT2D eigenvalue weighted by Gasteiger charge is -2.49. The molecule has 4 atom stereocenters. The molecule has 1 aromatic rings. The van der Waals surface area contributed by atoms with E-state index in [1.165, 1.54) is 16.7 Å². The molecule has 208 valence electrons. The summed E-state index contributed by atoms with van der Waals surface area (Å²) in [5.74, 6) is -4.38. The zero-order valence-corrected chi connectivity index (χ0v) is 21.1. The number of rotatable bonds is 8. The van der Waals surface area contributed by atoms with E-state index in [-0.39, 0.29) is 18.7 Å². The molecule has 2 heterocycles. The molecule has 1 fully saturated rings. The van der Waals surface area contributed by atoms with Crippen LogP contribution in [0.2, 0.25) is 0 Å². The molecule has 2 aliphatic heterocycles. The molecule has 0 radical (unpaired) electrons. The van der Waals surface area contributed by atoms with Crippen molar-refractivity contribution in [2.75, 3.05) is 12.3 Å². The highest BCUT2D eigenvalue weighted by molar-refractivity contribution is 8.00. The number of nitrogens with two attached hydrogens (primary N) is 4. The summed E-state index contributed by atoms with van der Waals surface area (Å²) in [6.07, 6.45) is -0.310. The number of carboxylic acid groups (broad SMARTS) is 3. The van der Waals surface area contributed by atoms with Gasteiger partial charge in [0.25, 0.3) is 5.91 Å². The van der Waals surface area contributed by atoms with Gasteiger partial charge in [-0.05, 0) is 18.1 Å². The predicted octanol–water partition coefficient (Wildman–Crippen LogP) is -2.25. The van der Waals surface area contributed by atoms with Crippen LogP contribution in [0.15, 0.2) is 41.6 Å². The van der Waals surface area contributed by atoms with Crippen molar-refractivity contribution in [3.63, 3.8) is 0 Å². The molecule has 1 saturated heterocycles. The minimum Gasteiger partial charge on any atom is -0.480 e. The smallest absolute Gasteiger partial charge is 0.352 e. The van der Waals surface area contributed by atoms with Crippen molar-refractivity contribution in [3.8, 4) is 0 Å². The Morgan fingerprint density at radius 3 is 2.08 bits per heavy atom. The van der Waals surface area contributed by atoms with Crippen molar-refractivity contribution < 1.29 is 44.1 Å². The van der Waals surface area contributed by atoms with Crippen molar-refractivity contribution in [2.24, 2.45) is 22.9 Å². The summed E-state index contributed by atoms with van der Waals surface area (Å²) >= 11 is 1.43. The number of carbonyl (C=O) groups excluding carboxylic acids is 3. The first-order chi connectivity index (χ1) is 17.7. The predicted molar refractivity (Wildman–Crippen MR) is 135 cm³/mol. The van der Waals surface area contributed by atoms with Gasteiger partial charge in [-0.3, -0.25) is 28.9 Å². The zero-order chi connectivity index (χ0) is 29.2. The Morgan fingerprint density at radius 2 is 1.66 bits per heavy atom. The number of nitrogens with zero attached hydrogens (tertiary/aromatic N) is 1. The third-order valence-corrected chi connectivity index (χ3v) is 6.44. The minimum atomic E-state index is -1.21. The normalized spacial score (nSPS) is 19.2. The fourth-order valence-corrected chi connectivity index (χ4v) is 4.43. The number of nitrogens with one attached hydrogen (secondary N) is 1. The van der Waals surface area contributed by atoms with Crippen LogP contribution in [-0.2, 0) is 28.8 Å². The van der Waals surface area contributed by atoms with E-state index < -0.39 is 59.1 Å². The van der Waals surface area contributed by atoms with Gasteiger partial charge < -0.3 is 43.6 Å². The van der Waals surface area contributed by atoms with Gasteiger partial charge in [-0.25, -0.2) is 4.79 Å². The second-order valence-electron chi connectivity index (χ2n) is 7.93. The van der Waals surface area contributed by atoms with Crippen molar-refractivity contribution >= 4 is 47.4 Å². The van der Waals surface area contributed by atoms with Crippen LogP contribution in [0, 0.1) is 0 Å². The van der Waals surface area contributed by atoms with E-state index in [0.717, 1.165) is 0 Å². The first kappa shape index (κ1) is 32.0. The first-order valence-electron chi connectivity index (χ1n) is 10.9. The first-order valence-corrected chi connectivity index (χ1v) is 11.9. The molecule has 1 unspecified atom stereocenters. The van der Waals surface area contributed by atoms with Gasteiger partial charge in [-0.2, -0.15) is 0 Å². The number of amides is 3. The van der Waals surface area contributed by atoms with E-state index in [2.05, 4.69) is 16.8 Å². The van der Waals surface area contributed by atoms with Crippen LogP contribution < -0.4 is 28.3 Å². The summed E-state index contributed by atoms with van der Waals surface area (Å²) in [5.41, 5.74) is 21.4. The molecular weight excluding hydrogens is 524 g/mol. The molecule has 0 aliphatic carbocycles. The molecule has 0 aromatic heterocycles. The Hall–Kier alpha value is -3.99. The number of carbonyl (C=O) groups is 6. The lowest BCUT2D eigenvalue weighted by atomic mass is 10.0. The summed E-state index contributed by atoms with van der Waals surface area (Å²) in [6, 6.07) is 6.07. The van der Waals surface area contributed by atoms with E-state index in [4.69, 9.17) is 21.7 Å². The molecule has 12 N–H and O–H groups in total. The average Bonchev–Trinajstić information content (AvgIpc) is 2.87. The van der Waals surface area contributed by atoms with Gasteiger partial charge in [0.1, 0.15) is 29.2 Å². The zero-order valence-electron chi connectivity index (χ0n) is 20.3. The average molecular weight is 555 g/mol. The molecule has 0 saturated carbocycles. The van der Waals surface area contributed by atoms with Gasteiger partial charge in [0.2, 0.25) is 11.8 Å². The molecule has 1 aromatic carbocycles. The third kappa shape index (κ3) is 8.84. The van der Waals surface area contributed by atoms with E-state index in [0.29, 0.717) is 16.9 Å². The lowest BCUT2D eigenvalue weighted by Crippen LogP contribution is -2.71. The quantitative estimate of drug-likeness (QED) is 0.158. The van der Waals surface area contributed by atoms with Crippen LogP contribution >= 0.6 is 11.8 Å². The van der Waals surface area contributed by atoms with E-state index in [1.54, 1.807) is 31.2 Å². The summed E-state index contributed by atoms with van der Waals surface area (Å²) < 4.78 is 0. The maximum absolute atomic E-state index is 12.3. The maximum Gasteiger partial charge on any atom is 0.352 e. The minimum absolute atomic E-state index is 0.0154. The van der Waals surface area contributed by atoms with E-state index in [1.807, 2.05) is 6.07 Å². The number of hydrogen-bond donors (Lipinski definition) is 8. The molecule has 2 aliphatic rings. The number of carboxylic acids is 3. The Labute approximate surface area is 221 Å². The molecule has 3 rings (SSSR count). The highest BCUT2D eigenvalue weighted by Crippen LogP contribution is 2.40. The highest BCUT2D eigenvalue weighted by Gasteiger charge is 2.53. The van der Waals surface area contributed by atoms with Gasteiger partial charge in [0.15, 0.2) is 0 Å². The summed E-state index contributed by atoms with van der Waals surface area (Å²) in [5, 5.41) is 27.2. The Bertz CT molecular complexity index is 1100. The number of benzene rings is 1. The molecule has 3 amide bonds. The van der Waals surface area contributed by atoms with Gasteiger partial charge in [0, 0.05) is 5.75 Å². The molecule has 0 bridgehead atoms. The Morgan fingerprint density at radius 1 is 1.11 bits per heavy atom. The highest BCUT2D eigenvalue weighted by atomic mass is 32.2. The monoisotopic (exact) mass is 554 g/mol. The topological polar surface area (TPSA) is 282 Å². The Kier molecular flexibility index (Phi) is 12.4.